The molecule has 1 aromatic heterocycles. The molecule has 138 valence electrons. The first kappa shape index (κ1) is 18.3. The van der Waals surface area contributed by atoms with Gasteiger partial charge in [0.1, 0.15) is 0 Å². The molecule has 0 radical (unpaired) electrons. The quantitative estimate of drug-likeness (QED) is 0.679. The summed E-state index contributed by atoms with van der Waals surface area (Å²) in [6, 6.07) is 14.9. The summed E-state index contributed by atoms with van der Waals surface area (Å²) < 4.78 is 10.5. The molecular formula is C21H21N3O3. The maximum absolute atomic E-state index is 12.5. The van der Waals surface area contributed by atoms with Crippen LogP contribution in [0.5, 0.6) is 11.5 Å². The van der Waals surface area contributed by atoms with Crippen molar-refractivity contribution in [1.82, 2.24) is 4.98 Å². The zero-order chi connectivity index (χ0) is 19.2. The van der Waals surface area contributed by atoms with Gasteiger partial charge in [-0.2, -0.15) is 0 Å². The number of hydrogen-bond acceptors (Lipinski definition) is 5. The smallest absolute Gasteiger partial charge is 0.257 e. The molecule has 0 aliphatic carbocycles. The van der Waals surface area contributed by atoms with Crippen LogP contribution >= 0.6 is 0 Å². The van der Waals surface area contributed by atoms with Crippen molar-refractivity contribution >= 4 is 23.0 Å². The highest BCUT2D eigenvalue weighted by molar-refractivity contribution is 6.05. The molecule has 1 amide bonds. The highest BCUT2D eigenvalue weighted by Gasteiger charge is 2.10. The Morgan fingerprint density at radius 2 is 1.70 bits per heavy atom. The molecule has 0 aliphatic rings. The van der Waals surface area contributed by atoms with E-state index in [-0.39, 0.29) is 5.91 Å². The van der Waals surface area contributed by atoms with E-state index in [1.165, 1.54) is 6.20 Å². The molecule has 0 spiro atoms. The van der Waals surface area contributed by atoms with Gasteiger partial charge in [-0.25, -0.2) is 0 Å². The third-order valence-electron chi connectivity index (χ3n) is 4.07. The van der Waals surface area contributed by atoms with E-state index in [0.29, 0.717) is 22.7 Å². The molecular weight excluding hydrogens is 342 g/mol. The Morgan fingerprint density at radius 1 is 0.926 bits per heavy atom. The Morgan fingerprint density at radius 3 is 2.44 bits per heavy atom. The number of amides is 1. The fourth-order valence-electron chi connectivity index (χ4n) is 2.62. The molecule has 3 aromatic rings. The van der Waals surface area contributed by atoms with Gasteiger partial charge in [-0.3, -0.25) is 9.78 Å². The lowest BCUT2D eigenvalue weighted by Crippen LogP contribution is -2.13. The third-order valence-corrected chi connectivity index (χ3v) is 4.07. The van der Waals surface area contributed by atoms with Crippen molar-refractivity contribution in [1.29, 1.82) is 0 Å². The lowest BCUT2D eigenvalue weighted by atomic mass is 10.2. The molecule has 6 nitrogen and oxygen atoms in total. The maximum Gasteiger partial charge on any atom is 0.257 e. The SMILES string of the molecule is COc1ccc(Nc2cncc(C(=O)Nc3ccccc3C)c2)cc1OC. The van der Waals surface area contributed by atoms with Crippen molar-refractivity contribution in [3.05, 3.63) is 72.1 Å². The first-order valence-corrected chi connectivity index (χ1v) is 8.42. The van der Waals surface area contributed by atoms with E-state index in [0.717, 1.165) is 16.9 Å². The van der Waals surface area contributed by atoms with Crippen LogP contribution < -0.4 is 20.1 Å². The van der Waals surface area contributed by atoms with Crippen molar-refractivity contribution < 1.29 is 14.3 Å². The summed E-state index contributed by atoms with van der Waals surface area (Å²) in [5, 5.41) is 6.13. The summed E-state index contributed by atoms with van der Waals surface area (Å²) in [5.74, 6) is 1.05. The summed E-state index contributed by atoms with van der Waals surface area (Å²) in [4.78, 5) is 16.7. The number of hydrogen-bond donors (Lipinski definition) is 2. The second-order valence-corrected chi connectivity index (χ2v) is 5.93. The number of nitrogens with zero attached hydrogens (tertiary/aromatic N) is 1. The van der Waals surface area contributed by atoms with Gasteiger partial charge in [0.15, 0.2) is 11.5 Å². The number of rotatable bonds is 6. The molecule has 0 atom stereocenters. The Hall–Kier alpha value is -3.54. The topological polar surface area (TPSA) is 72.5 Å². The average molecular weight is 363 g/mol. The average Bonchev–Trinajstić information content (AvgIpc) is 2.69. The fourth-order valence-corrected chi connectivity index (χ4v) is 2.62. The molecule has 2 N–H and O–H groups in total. The van der Waals surface area contributed by atoms with Gasteiger partial charge in [-0.05, 0) is 36.8 Å². The number of benzene rings is 2. The molecule has 0 bridgehead atoms. The Kier molecular flexibility index (Phi) is 5.56. The number of anilines is 3. The molecule has 3 rings (SSSR count). The minimum Gasteiger partial charge on any atom is -0.493 e. The first-order valence-electron chi connectivity index (χ1n) is 8.42. The third kappa shape index (κ3) is 4.36. The number of para-hydroxylation sites is 1. The lowest BCUT2D eigenvalue weighted by Gasteiger charge is -2.12. The van der Waals surface area contributed by atoms with Crippen LogP contribution in [-0.4, -0.2) is 25.1 Å². The summed E-state index contributed by atoms with van der Waals surface area (Å²) in [6.45, 7) is 1.95. The monoisotopic (exact) mass is 363 g/mol. The van der Waals surface area contributed by atoms with Gasteiger partial charge in [0, 0.05) is 23.6 Å². The van der Waals surface area contributed by atoms with E-state index in [1.54, 1.807) is 26.5 Å². The lowest BCUT2D eigenvalue weighted by molar-refractivity contribution is 0.102. The van der Waals surface area contributed by atoms with E-state index in [9.17, 15) is 4.79 Å². The number of carbonyl (C=O) groups excluding carboxylic acids is 1. The minimum absolute atomic E-state index is 0.215. The van der Waals surface area contributed by atoms with E-state index in [2.05, 4.69) is 15.6 Å². The van der Waals surface area contributed by atoms with E-state index >= 15 is 0 Å². The van der Waals surface area contributed by atoms with E-state index < -0.39 is 0 Å². The molecule has 0 unspecified atom stereocenters. The summed E-state index contributed by atoms with van der Waals surface area (Å²) >= 11 is 0. The van der Waals surface area contributed by atoms with Gasteiger partial charge in [0.05, 0.1) is 31.7 Å². The predicted molar refractivity (Wildman–Crippen MR) is 106 cm³/mol. The minimum atomic E-state index is -0.215. The van der Waals surface area contributed by atoms with Crippen LogP contribution in [0.25, 0.3) is 0 Å². The molecule has 0 saturated carbocycles. The van der Waals surface area contributed by atoms with Crippen LogP contribution in [0.4, 0.5) is 17.1 Å². The van der Waals surface area contributed by atoms with Gasteiger partial charge >= 0.3 is 0 Å². The standard InChI is InChI=1S/C21H21N3O3/c1-14-6-4-5-7-18(14)24-21(25)15-10-17(13-22-12-15)23-16-8-9-19(26-2)20(11-16)27-3/h4-13,23H,1-3H3,(H,24,25). The van der Waals surface area contributed by atoms with Gasteiger partial charge in [-0.15, -0.1) is 0 Å². The Balaban J connectivity index is 1.77. The van der Waals surface area contributed by atoms with Crippen LogP contribution in [0.3, 0.4) is 0 Å². The molecule has 2 aromatic carbocycles. The summed E-state index contributed by atoms with van der Waals surface area (Å²) in [7, 11) is 3.17. The molecule has 27 heavy (non-hydrogen) atoms. The van der Waals surface area contributed by atoms with Gasteiger partial charge < -0.3 is 20.1 Å². The molecule has 0 fully saturated rings. The molecule has 0 aliphatic heterocycles. The maximum atomic E-state index is 12.5. The molecule has 1 heterocycles. The molecule has 0 saturated heterocycles. The number of carbonyl (C=O) groups is 1. The van der Waals surface area contributed by atoms with Crippen LogP contribution in [0, 0.1) is 6.92 Å². The number of methoxy groups -OCH3 is 2. The van der Waals surface area contributed by atoms with E-state index in [1.807, 2.05) is 49.4 Å². The summed E-state index contributed by atoms with van der Waals surface area (Å²) in [6.07, 6.45) is 3.19. The zero-order valence-electron chi connectivity index (χ0n) is 15.4. The Bertz CT molecular complexity index is 957. The van der Waals surface area contributed by atoms with Crippen molar-refractivity contribution in [2.75, 3.05) is 24.9 Å². The van der Waals surface area contributed by atoms with Crippen molar-refractivity contribution in [3.63, 3.8) is 0 Å². The number of ether oxygens (including phenoxy) is 2. The largest absolute Gasteiger partial charge is 0.493 e. The van der Waals surface area contributed by atoms with Crippen LogP contribution in [-0.2, 0) is 0 Å². The first-order chi connectivity index (χ1) is 13.1. The normalized spacial score (nSPS) is 10.2. The van der Waals surface area contributed by atoms with Gasteiger partial charge in [-0.1, -0.05) is 18.2 Å². The Labute approximate surface area is 158 Å². The molecule has 6 heteroatoms. The van der Waals surface area contributed by atoms with Crippen LogP contribution in [0.2, 0.25) is 0 Å². The zero-order valence-corrected chi connectivity index (χ0v) is 15.4. The van der Waals surface area contributed by atoms with E-state index in [4.69, 9.17) is 9.47 Å². The van der Waals surface area contributed by atoms with Crippen molar-refractivity contribution in [3.8, 4) is 11.5 Å². The summed E-state index contributed by atoms with van der Waals surface area (Å²) in [5.41, 5.74) is 3.73. The predicted octanol–water partition coefficient (Wildman–Crippen LogP) is 4.40. The van der Waals surface area contributed by atoms with Crippen molar-refractivity contribution in [2.24, 2.45) is 0 Å². The second kappa shape index (κ2) is 8.23. The van der Waals surface area contributed by atoms with Crippen molar-refractivity contribution in [2.45, 2.75) is 6.92 Å². The highest BCUT2D eigenvalue weighted by Crippen LogP contribution is 2.31. The fraction of sp³-hybridized carbons (Fsp3) is 0.143. The van der Waals surface area contributed by atoms with Gasteiger partial charge in [0.25, 0.3) is 5.91 Å². The number of aryl methyl sites for hydroxylation is 1. The number of nitrogens with one attached hydrogen (secondary N) is 2. The van der Waals surface area contributed by atoms with Gasteiger partial charge in [0.2, 0.25) is 0 Å². The second-order valence-electron chi connectivity index (χ2n) is 5.93. The van der Waals surface area contributed by atoms with Crippen LogP contribution in [0.15, 0.2) is 60.9 Å². The van der Waals surface area contributed by atoms with Crippen LogP contribution in [0.1, 0.15) is 15.9 Å². The highest BCUT2D eigenvalue weighted by atomic mass is 16.5. The number of pyridine rings is 1. The number of aromatic nitrogens is 1.